The van der Waals surface area contributed by atoms with E-state index in [9.17, 15) is 14.7 Å². The summed E-state index contributed by atoms with van der Waals surface area (Å²) in [5.41, 5.74) is 1.65. The van der Waals surface area contributed by atoms with Crippen molar-refractivity contribution in [1.29, 1.82) is 0 Å². The number of rotatable bonds is 6. The van der Waals surface area contributed by atoms with E-state index in [4.69, 9.17) is 21.1 Å². The molecule has 1 saturated heterocycles. The van der Waals surface area contributed by atoms with Crippen LogP contribution < -0.4 is 14.4 Å². The van der Waals surface area contributed by atoms with Crippen LogP contribution in [0, 0.1) is 0 Å². The highest BCUT2D eigenvalue weighted by Gasteiger charge is 2.48. The number of ketones is 1. The quantitative estimate of drug-likeness (QED) is 0.191. The summed E-state index contributed by atoms with van der Waals surface area (Å²) in [6.45, 7) is 2.42. The molecule has 36 heavy (non-hydrogen) atoms. The molecule has 1 N–H and O–H groups in total. The lowest BCUT2D eigenvalue weighted by Crippen LogP contribution is -2.29. The second-order valence-corrected chi connectivity index (χ2v) is 9.45. The number of amides is 1. The van der Waals surface area contributed by atoms with E-state index in [2.05, 4.69) is 4.98 Å². The Morgan fingerprint density at radius 2 is 1.75 bits per heavy atom. The molecule has 0 saturated carbocycles. The Hall–Kier alpha value is -3.88. The molecule has 4 aromatic rings. The maximum Gasteiger partial charge on any atom is 0.301 e. The minimum Gasteiger partial charge on any atom is -0.507 e. The summed E-state index contributed by atoms with van der Waals surface area (Å²) in [6.07, 6.45) is 0. The van der Waals surface area contributed by atoms with Crippen molar-refractivity contribution in [3.05, 3.63) is 88.5 Å². The van der Waals surface area contributed by atoms with Gasteiger partial charge in [-0.3, -0.25) is 14.5 Å². The highest BCUT2D eigenvalue weighted by molar-refractivity contribution is 7.22. The molecule has 0 radical (unpaired) electrons. The molecule has 1 aliphatic rings. The zero-order valence-corrected chi connectivity index (χ0v) is 21.0. The number of halogens is 1. The third-order valence-electron chi connectivity index (χ3n) is 5.86. The number of aromatic nitrogens is 1. The summed E-state index contributed by atoms with van der Waals surface area (Å²) in [4.78, 5) is 32.7. The summed E-state index contributed by atoms with van der Waals surface area (Å²) in [5.74, 6) is -0.553. The number of methoxy groups -OCH3 is 1. The van der Waals surface area contributed by atoms with E-state index in [1.807, 2.05) is 25.1 Å². The molecule has 1 atom stereocenters. The number of hydrogen-bond acceptors (Lipinski definition) is 7. The molecule has 1 aromatic heterocycles. The van der Waals surface area contributed by atoms with Crippen molar-refractivity contribution in [2.75, 3.05) is 18.6 Å². The fourth-order valence-corrected chi connectivity index (χ4v) is 5.29. The summed E-state index contributed by atoms with van der Waals surface area (Å²) in [5, 5.41) is 12.1. The number of benzene rings is 3. The Morgan fingerprint density at radius 1 is 1.06 bits per heavy atom. The van der Waals surface area contributed by atoms with Crippen molar-refractivity contribution in [3.63, 3.8) is 0 Å². The minimum atomic E-state index is -0.892. The average Bonchev–Trinajstić information content (AvgIpc) is 3.42. The molecule has 7 nitrogen and oxygen atoms in total. The van der Waals surface area contributed by atoms with Gasteiger partial charge in [-0.25, -0.2) is 4.98 Å². The van der Waals surface area contributed by atoms with E-state index in [0.29, 0.717) is 44.9 Å². The van der Waals surface area contributed by atoms with Crippen LogP contribution in [0.2, 0.25) is 5.02 Å². The molecule has 2 heterocycles. The number of hydrogen-bond donors (Lipinski definition) is 1. The number of anilines is 1. The molecule has 1 fully saturated rings. The summed E-state index contributed by atoms with van der Waals surface area (Å²) in [6, 6.07) is 18.0. The van der Waals surface area contributed by atoms with E-state index >= 15 is 0 Å². The minimum absolute atomic E-state index is 0.0262. The SMILES string of the molecule is CCOc1ccc2nc(N3C(=O)C(=O)C(=C(O)c4ccc(OC)cc4)C3c3ccc(Cl)cc3)sc2c1. The van der Waals surface area contributed by atoms with Crippen molar-refractivity contribution in [1.82, 2.24) is 4.98 Å². The van der Waals surface area contributed by atoms with Gasteiger partial charge >= 0.3 is 5.91 Å². The van der Waals surface area contributed by atoms with Crippen LogP contribution >= 0.6 is 22.9 Å². The van der Waals surface area contributed by atoms with Gasteiger partial charge < -0.3 is 14.6 Å². The van der Waals surface area contributed by atoms with Crippen LogP contribution in [-0.2, 0) is 9.59 Å². The van der Waals surface area contributed by atoms with E-state index in [1.165, 1.54) is 23.3 Å². The Bertz CT molecular complexity index is 1500. The van der Waals surface area contributed by atoms with E-state index in [-0.39, 0.29) is 11.3 Å². The summed E-state index contributed by atoms with van der Waals surface area (Å²) >= 11 is 7.37. The molecule has 1 amide bonds. The molecule has 1 aliphatic heterocycles. The van der Waals surface area contributed by atoms with E-state index in [0.717, 1.165) is 4.70 Å². The van der Waals surface area contributed by atoms with Gasteiger partial charge in [-0.05, 0) is 67.1 Å². The number of carbonyl (C=O) groups excluding carboxylic acids is 2. The van der Waals surface area contributed by atoms with Gasteiger partial charge in [-0.15, -0.1) is 0 Å². The second kappa shape index (κ2) is 9.64. The lowest BCUT2D eigenvalue weighted by atomic mass is 9.95. The average molecular weight is 521 g/mol. The highest BCUT2D eigenvalue weighted by atomic mass is 35.5. The Balaban J connectivity index is 1.67. The zero-order chi connectivity index (χ0) is 25.4. The molecular formula is C27H21ClN2O5S. The lowest BCUT2D eigenvalue weighted by molar-refractivity contribution is -0.132. The van der Waals surface area contributed by atoms with Crippen LogP contribution in [0.4, 0.5) is 5.13 Å². The van der Waals surface area contributed by atoms with Gasteiger partial charge in [0, 0.05) is 10.6 Å². The molecule has 0 spiro atoms. The first-order valence-electron chi connectivity index (χ1n) is 11.2. The molecule has 5 rings (SSSR count). The van der Waals surface area contributed by atoms with Crippen molar-refractivity contribution in [3.8, 4) is 11.5 Å². The van der Waals surface area contributed by atoms with Crippen molar-refractivity contribution >= 4 is 55.7 Å². The molecule has 182 valence electrons. The molecule has 1 unspecified atom stereocenters. The van der Waals surface area contributed by atoms with Crippen LogP contribution in [0.5, 0.6) is 11.5 Å². The number of nitrogens with zero attached hydrogens (tertiary/aromatic N) is 2. The number of ether oxygens (including phenoxy) is 2. The van der Waals surface area contributed by atoms with Gasteiger partial charge in [-0.2, -0.15) is 0 Å². The molecule has 3 aromatic carbocycles. The van der Waals surface area contributed by atoms with Crippen molar-refractivity contribution < 1.29 is 24.2 Å². The second-order valence-electron chi connectivity index (χ2n) is 8.01. The van der Waals surface area contributed by atoms with Crippen LogP contribution in [0.15, 0.2) is 72.3 Å². The van der Waals surface area contributed by atoms with E-state index in [1.54, 1.807) is 48.5 Å². The number of aliphatic hydroxyl groups is 1. The monoisotopic (exact) mass is 520 g/mol. The largest absolute Gasteiger partial charge is 0.507 e. The smallest absolute Gasteiger partial charge is 0.301 e. The van der Waals surface area contributed by atoms with Gasteiger partial charge in [0.15, 0.2) is 5.13 Å². The van der Waals surface area contributed by atoms with Crippen molar-refractivity contribution in [2.24, 2.45) is 0 Å². The zero-order valence-electron chi connectivity index (χ0n) is 19.4. The first-order valence-corrected chi connectivity index (χ1v) is 12.3. The third-order valence-corrected chi connectivity index (χ3v) is 7.13. The topological polar surface area (TPSA) is 89.0 Å². The highest BCUT2D eigenvalue weighted by Crippen LogP contribution is 2.44. The van der Waals surface area contributed by atoms with Crippen LogP contribution in [0.25, 0.3) is 16.0 Å². The molecule has 0 aliphatic carbocycles. The molecular weight excluding hydrogens is 500 g/mol. The first-order chi connectivity index (χ1) is 17.4. The van der Waals surface area contributed by atoms with Gasteiger partial charge in [0.25, 0.3) is 5.78 Å². The predicted molar refractivity (Wildman–Crippen MR) is 140 cm³/mol. The fraction of sp³-hybridized carbons (Fsp3) is 0.148. The molecule has 9 heteroatoms. The lowest BCUT2D eigenvalue weighted by Gasteiger charge is -2.23. The normalized spacial score (nSPS) is 17.1. The Kier molecular flexibility index (Phi) is 6.38. The maximum atomic E-state index is 13.4. The number of thiazole rings is 1. The number of carbonyl (C=O) groups is 2. The summed E-state index contributed by atoms with van der Waals surface area (Å²) < 4.78 is 11.6. The Morgan fingerprint density at radius 3 is 2.42 bits per heavy atom. The van der Waals surface area contributed by atoms with Crippen LogP contribution in [0.3, 0.4) is 0 Å². The van der Waals surface area contributed by atoms with Gasteiger partial charge in [0.1, 0.15) is 17.3 Å². The standard InChI is InChI=1S/C27H21ClN2O5S/c1-3-35-19-12-13-20-21(14-19)36-27(29-20)30-23(15-4-8-17(28)9-5-15)22(25(32)26(30)33)24(31)16-6-10-18(34-2)11-7-16/h4-14,23,31H,3H2,1-2H3. The van der Waals surface area contributed by atoms with Crippen LogP contribution in [0.1, 0.15) is 24.1 Å². The predicted octanol–water partition coefficient (Wildman–Crippen LogP) is 5.98. The number of aliphatic hydroxyl groups excluding tert-OH is 1. The number of Topliss-reactive ketones (excluding diaryl/α,β-unsaturated/α-hetero) is 1. The molecule has 0 bridgehead atoms. The number of fused-ring (bicyclic) bond motifs is 1. The fourth-order valence-electron chi connectivity index (χ4n) is 4.15. The van der Waals surface area contributed by atoms with E-state index < -0.39 is 17.7 Å². The van der Waals surface area contributed by atoms with Gasteiger partial charge in [0.05, 0.1) is 35.5 Å². The maximum absolute atomic E-state index is 13.4. The Labute approximate surface area is 216 Å². The van der Waals surface area contributed by atoms with Gasteiger partial charge in [-0.1, -0.05) is 35.1 Å². The van der Waals surface area contributed by atoms with Crippen molar-refractivity contribution in [2.45, 2.75) is 13.0 Å². The first kappa shape index (κ1) is 23.8. The van der Waals surface area contributed by atoms with Gasteiger partial charge in [0.2, 0.25) is 0 Å². The third kappa shape index (κ3) is 4.19. The summed E-state index contributed by atoms with van der Waals surface area (Å²) in [7, 11) is 1.54. The van der Waals surface area contributed by atoms with Crippen LogP contribution in [-0.4, -0.2) is 35.5 Å².